The Kier molecular flexibility index (Phi) is 4.66. The van der Waals surface area contributed by atoms with Crippen LogP contribution in [0.5, 0.6) is 0 Å². The van der Waals surface area contributed by atoms with E-state index >= 15 is 0 Å². The highest BCUT2D eigenvalue weighted by molar-refractivity contribution is 7.98. The van der Waals surface area contributed by atoms with E-state index in [1.807, 2.05) is 56.5 Å². The molecule has 0 saturated heterocycles. The second kappa shape index (κ2) is 6.88. The topological polar surface area (TPSA) is 68.0 Å². The van der Waals surface area contributed by atoms with Gasteiger partial charge in [-0.25, -0.2) is 0 Å². The van der Waals surface area contributed by atoms with Gasteiger partial charge >= 0.3 is 6.01 Å². The van der Waals surface area contributed by atoms with Gasteiger partial charge in [-0.05, 0) is 49.9 Å². The summed E-state index contributed by atoms with van der Waals surface area (Å²) >= 11 is 1.58. The number of benzene rings is 2. The van der Waals surface area contributed by atoms with Crippen LogP contribution in [0.15, 0.2) is 51.8 Å². The summed E-state index contributed by atoms with van der Waals surface area (Å²) in [5.74, 6) is 0.113. The van der Waals surface area contributed by atoms with Crippen LogP contribution in [0.3, 0.4) is 0 Å². The number of nitrogens with one attached hydrogen (secondary N) is 1. The molecule has 0 radical (unpaired) electrons. The molecule has 0 aliphatic heterocycles. The number of rotatable bonds is 4. The Morgan fingerprint density at radius 1 is 1.12 bits per heavy atom. The van der Waals surface area contributed by atoms with E-state index in [9.17, 15) is 4.79 Å². The minimum Gasteiger partial charge on any atom is -0.403 e. The SMILES string of the molecule is CSc1cccc(C(=O)Nc2nnc(-c3ccc(C)cc3C)o2)c1. The number of anilines is 1. The van der Waals surface area contributed by atoms with E-state index < -0.39 is 0 Å². The van der Waals surface area contributed by atoms with Crippen molar-refractivity contribution >= 4 is 23.7 Å². The zero-order chi connectivity index (χ0) is 17.1. The van der Waals surface area contributed by atoms with Crippen molar-refractivity contribution in [2.45, 2.75) is 18.7 Å². The van der Waals surface area contributed by atoms with Crippen molar-refractivity contribution in [3.63, 3.8) is 0 Å². The number of thioether (sulfide) groups is 1. The number of aromatic nitrogens is 2. The van der Waals surface area contributed by atoms with E-state index in [0.29, 0.717) is 11.5 Å². The van der Waals surface area contributed by atoms with Gasteiger partial charge in [0.25, 0.3) is 5.91 Å². The molecule has 6 heteroatoms. The average Bonchev–Trinajstić information content (AvgIpc) is 3.03. The lowest BCUT2D eigenvalue weighted by molar-refractivity contribution is 0.102. The summed E-state index contributed by atoms with van der Waals surface area (Å²) in [4.78, 5) is 13.3. The summed E-state index contributed by atoms with van der Waals surface area (Å²) in [6.45, 7) is 4.01. The van der Waals surface area contributed by atoms with Crippen LogP contribution in [-0.4, -0.2) is 22.4 Å². The number of aryl methyl sites for hydroxylation is 2. The lowest BCUT2D eigenvalue weighted by atomic mass is 10.1. The van der Waals surface area contributed by atoms with Crippen LogP contribution in [0.1, 0.15) is 21.5 Å². The molecule has 5 nitrogen and oxygen atoms in total. The molecule has 1 N–H and O–H groups in total. The number of carbonyl (C=O) groups excluding carboxylic acids is 1. The fourth-order valence-corrected chi connectivity index (χ4v) is 2.83. The van der Waals surface area contributed by atoms with Crippen molar-refractivity contribution in [1.29, 1.82) is 0 Å². The fourth-order valence-electron chi connectivity index (χ4n) is 2.37. The number of hydrogen-bond donors (Lipinski definition) is 1. The van der Waals surface area contributed by atoms with Gasteiger partial charge in [-0.1, -0.05) is 28.9 Å². The van der Waals surface area contributed by atoms with Crippen molar-refractivity contribution in [2.24, 2.45) is 0 Å². The van der Waals surface area contributed by atoms with Crippen LogP contribution in [0, 0.1) is 13.8 Å². The van der Waals surface area contributed by atoms with Crippen molar-refractivity contribution in [1.82, 2.24) is 10.2 Å². The van der Waals surface area contributed by atoms with Crippen LogP contribution in [0.2, 0.25) is 0 Å². The molecule has 24 heavy (non-hydrogen) atoms. The average molecular weight is 339 g/mol. The van der Waals surface area contributed by atoms with Crippen LogP contribution in [0.4, 0.5) is 6.01 Å². The zero-order valence-corrected chi connectivity index (χ0v) is 14.5. The molecule has 0 spiro atoms. The normalized spacial score (nSPS) is 10.6. The third kappa shape index (κ3) is 3.49. The predicted molar refractivity (Wildman–Crippen MR) is 95.4 cm³/mol. The molecular formula is C18H17N3O2S. The number of amides is 1. The molecule has 0 aliphatic carbocycles. The van der Waals surface area contributed by atoms with E-state index in [2.05, 4.69) is 15.5 Å². The molecule has 3 aromatic rings. The van der Waals surface area contributed by atoms with Gasteiger partial charge < -0.3 is 4.42 Å². The maximum Gasteiger partial charge on any atom is 0.322 e. The van der Waals surface area contributed by atoms with Crippen LogP contribution >= 0.6 is 11.8 Å². The molecular weight excluding hydrogens is 322 g/mol. The molecule has 3 rings (SSSR count). The van der Waals surface area contributed by atoms with E-state index in [0.717, 1.165) is 21.6 Å². The monoisotopic (exact) mass is 339 g/mol. The maximum absolute atomic E-state index is 12.3. The second-order valence-electron chi connectivity index (χ2n) is 5.42. The maximum atomic E-state index is 12.3. The van der Waals surface area contributed by atoms with Gasteiger partial charge in [0.2, 0.25) is 5.89 Å². The van der Waals surface area contributed by atoms with Crippen molar-refractivity contribution in [3.8, 4) is 11.5 Å². The first-order chi connectivity index (χ1) is 11.6. The molecule has 122 valence electrons. The summed E-state index contributed by atoms with van der Waals surface area (Å²) in [5.41, 5.74) is 3.62. The quantitative estimate of drug-likeness (QED) is 0.717. The summed E-state index contributed by atoms with van der Waals surface area (Å²) in [6, 6.07) is 13.4. The first-order valence-electron chi connectivity index (χ1n) is 7.43. The predicted octanol–water partition coefficient (Wildman–Crippen LogP) is 4.33. The van der Waals surface area contributed by atoms with Crippen LogP contribution < -0.4 is 5.32 Å². The molecule has 0 atom stereocenters. The Morgan fingerprint density at radius 2 is 1.96 bits per heavy atom. The summed E-state index contributed by atoms with van der Waals surface area (Å²) in [5, 5.41) is 10.6. The minimum atomic E-state index is -0.276. The number of nitrogens with zero attached hydrogens (tertiary/aromatic N) is 2. The first-order valence-corrected chi connectivity index (χ1v) is 8.66. The van der Waals surface area contributed by atoms with Gasteiger partial charge in [-0.15, -0.1) is 16.9 Å². The molecule has 0 fully saturated rings. The Balaban J connectivity index is 1.79. The first kappa shape index (κ1) is 16.3. The van der Waals surface area contributed by atoms with Crippen molar-refractivity contribution in [2.75, 3.05) is 11.6 Å². The van der Waals surface area contributed by atoms with Crippen molar-refractivity contribution in [3.05, 3.63) is 59.2 Å². The Labute approximate surface area is 144 Å². The zero-order valence-electron chi connectivity index (χ0n) is 13.7. The smallest absolute Gasteiger partial charge is 0.322 e. The van der Waals surface area contributed by atoms with E-state index in [4.69, 9.17) is 4.42 Å². The Bertz CT molecular complexity index is 889. The third-order valence-electron chi connectivity index (χ3n) is 3.59. The van der Waals surface area contributed by atoms with Crippen LogP contribution in [-0.2, 0) is 0 Å². The summed E-state index contributed by atoms with van der Waals surface area (Å²) in [7, 11) is 0. The van der Waals surface area contributed by atoms with Crippen molar-refractivity contribution < 1.29 is 9.21 Å². The van der Waals surface area contributed by atoms with Crippen LogP contribution in [0.25, 0.3) is 11.5 Å². The van der Waals surface area contributed by atoms with Gasteiger partial charge in [-0.3, -0.25) is 10.1 Å². The van der Waals surface area contributed by atoms with Gasteiger partial charge in [0, 0.05) is 16.0 Å². The lowest BCUT2D eigenvalue weighted by Crippen LogP contribution is -2.12. The minimum absolute atomic E-state index is 0.0875. The Hall–Kier alpha value is -2.60. The highest BCUT2D eigenvalue weighted by Gasteiger charge is 2.14. The number of carbonyl (C=O) groups is 1. The van der Waals surface area contributed by atoms with E-state index in [-0.39, 0.29) is 11.9 Å². The summed E-state index contributed by atoms with van der Waals surface area (Å²) < 4.78 is 5.58. The highest BCUT2D eigenvalue weighted by atomic mass is 32.2. The largest absolute Gasteiger partial charge is 0.403 e. The standard InChI is InChI=1S/C18H17N3O2S/c1-11-7-8-15(12(2)9-11)17-20-21-18(23-17)19-16(22)13-5-4-6-14(10-13)24-3/h4-10H,1-3H3,(H,19,21,22). The molecule has 2 aromatic carbocycles. The summed E-state index contributed by atoms with van der Waals surface area (Å²) in [6.07, 6.45) is 1.96. The third-order valence-corrected chi connectivity index (χ3v) is 4.32. The van der Waals surface area contributed by atoms with E-state index in [1.54, 1.807) is 17.8 Å². The van der Waals surface area contributed by atoms with Gasteiger partial charge in [0.05, 0.1) is 0 Å². The molecule has 1 aromatic heterocycles. The number of hydrogen-bond acceptors (Lipinski definition) is 5. The van der Waals surface area contributed by atoms with Gasteiger partial charge in [-0.2, -0.15) is 0 Å². The van der Waals surface area contributed by atoms with Gasteiger partial charge in [0.1, 0.15) is 0 Å². The molecule has 1 amide bonds. The fraction of sp³-hybridized carbons (Fsp3) is 0.167. The molecule has 0 aliphatic rings. The lowest BCUT2D eigenvalue weighted by Gasteiger charge is -2.03. The molecule has 1 heterocycles. The molecule has 0 saturated carbocycles. The van der Waals surface area contributed by atoms with Gasteiger partial charge in [0.15, 0.2) is 0 Å². The molecule has 0 unspecified atom stereocenters. The Morgan fingerprint density at radius 3 is 2.71 bits per heavy atom. The molecule has 0 bridgehead atoms. The second-order valence-corrected chi connectivity index (χ2v) is 6.30. The highest BCUT2D eigenvalue weighted by Crippen LogP contribution is 2.24. The van der Waals surface area contributed by atoms with E-state index in [1.165, 1.54) is 0 Å².